The number of benzene rings is 1. The smallest absolute Gasteiger partial charge is 0.337 e. The molecule has 0 N–H and O–H groups in total. The predicted octanol–water partition coefficient (Wildman–Crippen LogP) is 5.15. The van der Waals surface area contributed by atoms with E-state index in [-0.39, 0.29) is 12.4 Å². The summed E-state index contributed by atoms with van der Waals surface area (Å²) in [6.07, 6.45) is -0.476. The van der Waals surface area contributed by atoms with E-state index in [0.717, 1.165) is 23.6 Å². The molecule has 0 aliphatic carbocycles. The fourth-order valence-corrected chi connectivity index (χ4v) is 4.58. The highest BCUT2D eigenvalue weighted by Gasteiger charge is 2.32. The molecule has 0 amide bonds. The molecule has 0 saturated heterocycles. The number of aromatic nitrogens is 3. The molecular weight excluding hydrogens is 456 g/mol. The van der Waals surface area contributed by atoms with Crippen molar-refractivity contribution in [1.29, 1.82) is 0 Å². The Morgan fingerprint density at radius 2 is 1.85 bits per heavy atom. The number of anilines is 1. The van der Waals surface area contributed by atoms with Crippen LogP contribution in [0, 0.1) is 5.82 Å². The summed E-state index contributed by atoms with van der Waals surface area (Å²) in [6.45, 7) is 3.05. The highest BCUT2D eigenvalue weighted by atomic mass is 32.1. The van der Waals surface area contributed by atoms with E-state index in [4.69, 9.17) is 0 Å². The van der Waals surface area contributed by atoms with E-state index in [9.17, 15) is 22.4 Å². The van der Waals surface area contributed by atoms with Crippen LogP contribution >= 0.6 is 11.3 Å². The minimum atomic E-state index is -4.41. The maximum atomic E-state index is 13.2. The highest BCUT2D eigenvalue weighted by molar-refractivity contribution is 7.12. The highest BCUT2D eigenvalue weighted by Crippen LogP contribution is 2.34. The van der Waals surface area contributed by atoms with Crippen LogP contribution in [0.1, 0.15) is 40.9 Å². The molecule has 1 aliphatic heterocycles. The first-order valence-electron chi connectivity index (χ1n) is 10.6. The molecule has 0 fully saturated rings. The molecule has 3 heterocycles. The lowest BCUT2D eigenvalue weighted by Gasteiger charge is -2.27. The normalized spacial score (nSPS) is 14.5. The van der Waals surface area contributed by atoms with Crippen LogP contribution in [0.2, 0.25) is 0 Å². The average Bonchev–Trinajstić information content (AvgIpc) is 3.26. The maximum Gasteiger partial charge on any atom is 0.425 e. The lowest BCUT2D eigenvalue weighted by molar-refractivity contribution is -0.134. The quantitative estimate of drug-likeness (QED) is 0.460. The van der Waals surface area contributed by atoms with Crippen LogP contribution < -0.4 is 10.6 Å². The van der Waals surface area contributed by atoms with Crippen LogP contribution in [-0.4, -0.2) is 27.6 Å². The molecule has 5 nitrogen and oxygen atoms in total. The van der Waals surface area contributed by atoms with Gasteiger partial charge >= 0.3 is 11.9 Å². The molecule has 0 saturated carbocycles. The van der Waals surface area contributed by atoms with Gasteiger partial charge in [0.1, 0.15) is 16.5 Å². The number of hydrogen-bond acceptors (Lipinski definition) is 5. The summed E-state index contributed by atoms with van der Waals surface area (Å²) in [5.41, 5.74) is 1.51. The van der Waals surface area contributed by atoms with Crippen molar-refractivity contribution in [3.8, 4) is 0 Å². The predicted molar refractivity (Wildman–Crippen MR) is 120 cm³/mol. The molecule has 0 spiro atoms. The first-order valence-corrected chi connectivity index (χ1v) is 11.4. The minimum absolute atomic E-state index is 0.00378. The van der Waals surface area contributed by atoms with Gasteiger partial charge in [-0.25, -0.2) is 9.18 Å². The summed E-state index contributed by atoms with van der Waals surface area (Å²) in [5, 5.41) is 0. The Morgan fingerprint density at radius 1 is 1.09 bits per heavy atom. The zero-order chi connectivity index (χ0) is 23.6. The third kappa shape index (κ3) is 5.32. The third-order valence-electron chi connectivity index (χ3n) is 5.40. The topological polar surface area (TPSA) is 51.0 Å². The van der Waals surface area contributed by atoms with Gasteiger partial charge in [-0.2, -0.15) is 23.1 Å². The molecule has 1 aromatic carbocycles. The molecule has 0 radical (unpaired) electrons. The van der Waals surface area contributed by atoms with Gasteiger partial charge in [-0.3, -0.25) is 4.57 Å². The van der Waals surface area contributed by atoms with E-state index in [1.54, 1.807) is 12.1 Å². The van der Waals surface area contributed by atoms with Gasteiger partial charge in [-0.05, 0) is 48.2 Å². The van der Waals surface area contributed by atoms with E-state index in [2.05, 4.69) is 9.97 Å². The number of halogens is 4. The Balaban J connectivity index is 1.56. The molecule has 33 heavy (non-hydrogen) atoms. The summed E-state index contributed by atoms with van der Waals surface area (Å²) < 4.78 is 53.3. The number of aryl methyl sites for hydroxylation is 1. The SMILES string of the molecule is CCCc1nc(N2CC=C(c3ccc(F)cc3)CC2)nc(=O)n1Cc1ccc(C(F)(F)F)s1. The Kier molecular flexibility index (Phi) is 6.64. The van der Waals surface area contributed by atoms with Crippen LogP contribution in [0.5, 0.6) is 0 Å². The van der Waals surface area contributed by atoms with Crippen molar-refractivity contribution in [3.05, 3.63) is 79.9 Å². The van der Waals surface area contributed by atoms with Crippen molar-refractivity contribution in [2.75, 3.05) is 18.0 Å². The van der Waals surface area contributed by atoms with Gasteiger partial charge in [0.05, 0.1) is 6.54 Å². The third-order valence-corrected chi connectivity index (χ3v) is 6.52. The molecule has 174 valence electrons. The van der Waals surface area contributed by atoms with Crippen molar-refractivity contribution in [1.82, 2.24) is 14.5 Å². The summed E-state index contributed by atoms with van der Waals surface area (Å²) in [7, 11) is 0. The first kappa shape index (κ1) is 23.2. The number of alkyl halides is 3. The molecule has 3 aromatic rings. The number of rotatable bonds is 6. The van der Waals surface area contributed by atoms with Crippen LogP contribution in [0.25, 0.3) is 5.57 Å². The molecule has 2 aromatic heterocycles. The van der Waals surface area contributed by atoms with Gasteiger partial charge in [-0.15, -0.1) is 11.3 Å². The Bertz CT molecular complexity index is 1210. The van der Waals surface area contributed by atoms with Crippen LogP contribution in [0.3, 0.4) is 0 Å². The molecule has 0 bridgehead atoms. The summed E-state index contributed by atoms with van der Waals surface area (Å²) in [6, 6.07) is 8.74. The number of nitrogens with zero attached hydrogens (tertiary/aromatic N) is 4. The van der Waals surface area contributed by atoms with E-state index in [1.807, 2.05) is 17.9 Å². The Hall–Kier alpha value is -3.01. The van der Waals surface area contributed by atoms with Gasteiger partial charge < -0.3 is 4.90 Å². The van der Waals surface area contributed by atoms with Gasteiger partial charge in [0.15, 0.2) is 0 Å². The van der Waals surface area contributed by atoms with E-state index in [1.165, 1.54) is 22.8 Å². The second-order valence-corrected chi connectivity index (χ2v) is 8.92. The van der Waals surface area contributed by atoms with Gasteiger partial charge in [0.25, 0.3) is 0 Å². The van der Waals surface area contributed by atoms with Gasteiger partial charge in [0, 0.05) is 24.4 Å². The summed E-state index contributed by atoms with van der Waals surface area (Å²) >= 11 is 0.619. The molecule has 4 rings (SSSR count). The van der Waals surface area contributed by atoms with E-state index >= 15 is 0 Å². The van der Waals surface area contributed by atoms with E-state index < -0.39 is 16.7 Å². The lowest BCUT2D eigenvalue weighted by Crippen LogP contribution is -2.35. The van der Waals surface area contributed by atoms with Gasteiger partial charge in [-0.1, -0.05) is 25.1 Å². The maximum absolute atomic E-state index is 13.2. The molecular formula is C23H22F4N4OS. The van der Waals surface area contributed by atoms with Crippen molar-refractivity contribution in [2.45, 2.75) is 38.9 Å². The average molecular weight is 479 g/mol. The zero-order valence-electron chi connectivity index (χ0n) is 17.9. The van der Waals surface area contributed by atoms with Crippen LogP contribution in [0.15, 0.2) is 47.3 Å². The largest absolute Gasteiger partial charge is 0.425 e. The van der Waals surface area contributed by atoms with Crippen molar-refractivity contribution in [3.63, 3.8) is 0 Å². The van der Waals surface area contributed by atoms with Crippen molar-refractivity contribution in [2.24, 2.45) is 0 Å². The standard InChI is InChI=1S/C23H22F4N4OS/c1-2-3-20-28-21(30-12-10-16(11-13-30)15-4-6-17(24)7-5-15)29-22(32)31(20)14-18-8-9-19(33-18)23(25,26)27/h4-10H,2-3,11-14H2,1H3. The fourth-order valence-electron chi connectivity index (χ4n) is 3.72. The van der Waals surface area contributed by atoms with Crippen LogP contribution in [-0.2, 0) is 19.1 Å². The second kappa shape index (κ2) is 9.46. The van der Waals surface area contributed by atoms with Crippen molar-refractivity contribution >= 4 is 22.9 Å². The van der Waals surface area contributed by atoms with Crippen LogP contribution in [0.4, 0.5) is 23.5 Å². The van der Waals surface area contributed by atoms with E-state index in [0.29, 0.717) is 53.9 Å². The minimum Gasteiger partial charge on any atom is -0.337 e. The lowest BCUT2D eigenvalue weighted by atomic mass is 10.00. The Morgan fingerprint density at radius 3 is 2.45 bits per heavy atom. The summed E-state index contributed by atoms with van der Waals surface area (Å²) in [4.78, 5) is 23.2. The van der Waals surface area contributed by atoms with Crippen molar-refractivity contribution < 1.29 is 17.6 Å². The second-order valence-electron chi connectivity index (χ2n) is 7.75. The summed E-state index contributed by atoms with van der Waals surface area (Å²) in [5.74, 6) is 0.533. The molecule has 0 unspecified atom stereocenters. The number of hydrogen-bond donors (Lipinski definition) is 0. The molecule has 10 heteroatoms. The zero-order valence-corrected chi connectivity index (χ0v) is 18.7. The van der Waals surface area contributed by atoms with Gasteiger partial charge in [0.2, 0.25) is 5.95 Å². The monoisotopic (exact) mass is 478 g/mol. The molecule has 0 atom stereocenters. The fraction of sp³-hybridized carbons (Fsp3) is 0.348. The first-order chi connectivity index (χ1) is 15.7. The number of thiophene rings is 1. The Labute approximate surface area is 192 Å². The molecule has 1 aliphatic rings.